The molecule has 0 radical (unpaired) electrons. The van der Waals surface area contributed by atoms with Crippen molar-refractivity contribution in [2.45, 2.75) is 29.7 Å². The third-order valence-electron chi connectivity index (χ3n) is 1.55. The van der Waals surface area contributed by atoms with Crippen LogP contribution in [-0.4, -0.2) is 85.5 Å². The van der Waals surface area contributed by atoms with Gasteiger partial charge in [-0.15, -0.1) is 0 Å². The van der Waals surface area contributed by atoms with Crippen LogP contribution >= 0.6 is 36.1 Å². The van der Waals surface area contributed by atoms with Crippen molar-refractivity contribution in [3.8, 4) is 0 Å². The Morgan fingerprint density at radius 1 is 0.385 bits per heavy atom. The first-order chi connectivity index (χ1) is 8.83. The fraction of sp³-hybridized carbons (Fsp3) is 1.00. The molecule has 0 aliphatic heterocycles. The summed E-state index contributed by atoms with van der Waals surface area (Å²) in [5.41, 5.74) is 0. The lowest BCUT2D eigenvalue weighted by atomic mass is 11.9. The van der Waals surface area contributed by atoms with E-state index in [-0.39, 0.29) is 35.2 Å². The number of hydrogen-bond donors (Lipinski definition) is 0. The normalized spacial score (nSPS) is 11.8. The van der Waals surface area contributed by atoms with Crippen LogP contribution in [0.5, 0.6) is 0 Å². The predicted molar refractivity (Wildman–Crippen MR) is 144 cm³/mol. The Kier molecular flexibility index (Phi) is 21.6. The highest BCUT2D eigenvalue weighted by atomic mass is 31.3. The van der Waals surface area contributed by atoms with Gasteiger partial charge >= 0.3 is 7.87 Å². The van der Waals surface area contributed by atoms with Crippen LogP contribution in [0.1, 0.15) is 29.7 Å². The summed E-state index contributed by atoms with van der Waals surface area (Å²) in [6.07, 6.45) is 0. The van der Waals surface area contributed by atoms with E-state index in [9.17, 15) is 0 Å². The van der Waals surface area contributed by atoms with Crippen LogP contribution < -0.4 is 0 Å². The summed E-state index contributed by atoms with van der Waals surface area (Å²) in [6.45, 7) is 26.9. The van der Waals surface area contributed by atoms with Crippen LogP contribution in [0, 0.1) is 0 Å². The van der Waals surface area contributed by atoms with E-state index < -0.39 is 36.1 Å². The summed E-state index contributed by atoms with van der Waals surface area (Å²) < 4.78 is 20.8. The molecule has 0 unspecified atom stereocenters. The molecule has 0 aromatic carbocycles. The standard InChI is InChI=1S/C12H36N4P5.4CH4.H2O/c1-17(2,3)13-21(14-18(4,5)6,15-19(7,8)9)16-20(10,11)12;;;;;/h1-12H3;4*1H4;1H2/q+1;;;;;/p-1. The lowest BCUT2D eigenvalue weighted by molar-refractivity contribution is 0.824. The molecule has 0 spiro atoms. The molecule has 0 aliphatic carbocycles. The van der Waals surface area contributed by atoms with Gasteiger partial charge in [0.15, 0.2) is 0 Å². The molecule has 168 valence electrons. The average Bonchev–Trinajstić information content (AvgIpc) is 1.83. The first-order valence-electron chi connectivity index (χ1n) is 6.97. The molecule has 0 saturated heterocycles. The number of nitrogens with zero attached hydrogens (tertiary/aromatic N) is 4. The second-order valence-corrected chi connectivity index (χ2v) is 28.1. The Morgan fingerprint density at radius 3 is 0.577 bits per heavy atom. The molecule has 0 amide bonds. The van der Waals surface area contributed by atoms with Crippen molar-refractivity contribution in [2.24, 2.45) is 18.1 Å². The second-order valence-electron chi connectivity index (χ2n) is 8.66. The van der Waals surface area contributed by atoms with E-state index in [1.807, 2.05) is 0 Å². The van der Waals surface area contributed by atoms with Gasteiger partial charge < -0.3 is 5.48 Å². The van der Waals surface area contributed by atoms with E-state index in [0.717, 1.165) is 0 Å². The van der Waals surface area contributed by atoms with Gasteiger partial charge in [-0.2, -0.15) is 0 Å². The third-order valence-corrected chi connectivity index (χ3v) is 14.0. The highest BCUT2D eigenvalue weighted by Crippen LogP contribution is 2.80. The largest absolute Gasteiger partial charge is 0.870 e. The molecular weight excluding hydrogens is 419 g/mol. The van der Waals surface area contributed by atoms with E-state index in [0.29, 0.717) is 0 Å². The van der Waals surface area contributed by atoms with Gasteiger partial charge in [0.05, 0.1) is 0 Å². The predicted octanol–water partition coefficient (Wildman–Crippen LogP) is 9.39. The average molecular weight is 472 g/mol. The van der Waals surface area contributed by atoms with Crippen molar-refractivity contribution in [3.63, 3.8) is 0 Å². The molecule has 26 heavy (non-hydrogen) atoms. The topological polar surface area (TPSA) is 79.4 Å². The van der Waals surface area contributed by atoms with Crippen LogP contribution in [0.25, 0.3) is 0 Å². The molecule has 0 atom stereocenters. The minimum absolute atomic E-state index is 0. The minimum Gasteiger partial charge on any atom is -0.870 e. The molecule has 0 heterocycles. The van der Waals surface area contributed by atoms with Crippen molar-refractivity contribution in [1.82, 2.24) is 0 Å². The Balaban J connectivity index is -0.000000200. The Bertz CT molecular complexity index is 460. The van der Waals surface area contributed by atoms with Gasteiger partial charge in [0.2, 0.25) is 0 Å². The van der Waals surface area contributed by atoms with Crippen LogP contribution in [0.2, 0.25) is 0 Å². The maximum Gasteiger partial charge on any atom is 0.486 e. The summed E-state index contributed by atoms with van der Waals surface area (Å²) >= 11 is 0. The first-order valence-corrected chi connectivity index (χ1v) is 20.9. The van der Waals surface area contributed by atoms with E-state index in [1.165, 1.54) is 0 Å². The lowest BCUT2D eigenvalue weighted by Crippen LogP contribution is -1.85. The van der Waals surface area contributed by atoms with E-state index in [1.54, 1.807) is 0 Å². The number of rotatable bonds is 4. The van der Waals surface area contributed by atoms with Crippen LogP contribution in [0.15, 0.2) is 18.1 Å². The second kappa shape index (κ2) is 13.5. The first kappa shape index (κ1) is 41.6. The fourth-order valence-corrected chi connectivity index (χ4v) is 15.9. The van der Waals surface area contributed by atoms with Gasteiger partial charge in [-0.3, -0.25) is 0 Å². The molecule has 0 bridgehead atoms. The molecule has 0 aromatic rings. The van der Waals surface area contributed by atoms with Gasteiger partial charge in [-0.1, -0.05) is 47.8 Å². The van der Waals surface area contributed by atoms with Crippen molar-refractivity contribution in [3.05, 3.63) is 0 Å². The zero-order chi connectivity index (χ0) is 17.3. The number of hydrogen-bond acceptors (Lipinski definition) is 5. The molecule has 1 N–H and O–H groups in total. The van der Waals surface area contributed by atoms with Gasteiger partial charge in [0, 0.05) is 28.2 Å². The molecule has 0 rings (SSSR count). The summed E-state index contributed by atoms with van der Waals surface area (Å²) in [7, 11) is -7.68. The fourth-order valence-electron chi connectivity index (χ4n) is 1.55. The minimum atomic E-state index is -2.28. The maximum atomic E-state index is 5.20. The quantitative estimate of drug-likeness (QED) is 0.375. The molecule has 0 aromatic heterocycles. The third kappa shape index (κ3) is 23.3. The summed E-state index contributed by atoms with van der Waals surface area (Å²) in [4.78, 5) is 0. The summed E-state index contributed by atoms with van der Waals surface area (Å²) in [6, 6.07) is 0. The molecule has 10 heteroatoms. The van der Waals surface area contributed by atoms with Crippen LogP contribution in [-0.2, 0) is 0 Å². The smallest absolute Gasteiger partial charge is 0.486 e. The Labute approximate surface area is 169 Å². The highest BCUT2D eigenvalue weighted by molar-refractivity contribution is 7.89. The molecule has 5 nitrogen and oxygen atoms in total. The summed E-state index contributed by atoms with van der Waals surface area (Å²) in [5.74, 6) is 0. The molecule has 0 fully saturated rings. The lowest BCUT2D eigenvalue weighted by Gasteiger charge is -2.18. The van der Waals surface area contributed by atoms with Gasteiger partial charge in [0.1, 0.15) is 0 Å². The van der Waals surface area contributed by atoms with Gasteiger partial charge in [-0.05, 0) is 80.0 Å². The van der Waals surface area contributed by atoms with Crippen molar-refractivity contribution in [2.75, 3.05) is 80.0 Å². The van der Waals surface area contributed by atoms with Crippen LogP contribution in [0.4, 0.5) is 0 Å². The zero-order valence-electron chi connectivity index (χ0n) is 16.5. The van der Waals surface area contributed by atoms with E-state index in [4.69, 9.17) is 18.1 Å². The Morgan fingerprint density at radius 2 is 0.500 bits per heavy atom. The van der Waals surface area contributed by atoms with Crippen molar-refractivity contribution < 1.29 is 5.48 Å². The molecule has 0 saturated carbocycles. The maximum absolute atomic E-state index is 5.20. The molecular formula is C16H53N4OP5. The van der Waals surface area contributed by atoms with Crippen LogP contribution in [0.3, 0.4) is 0 Å². The monoisotopic (exact) mass is 472 g/mol. The van der Waals surface area contributed by atoms with Crippen molar-refractivity contribution >= 4 is 36.1 Å². The van der Waals surface area contributed by atoms with Gasteiger partial charge in [-0.25, -0.2) is 0 Å². The zero-order valence-corrected chi connectivity index (χ0v) is 20.9. The molecule has 0 aliphatic rings. The van der Waals surface area contributed by atoms with Crippen molar-refractivity contribution in [1.29, 1.82) is 0 Å². The highest BCUT2D eigenvalue weighted by Gasteiger charge is 2.43. The van der Waals surface area contributed by atoms with E-state index in [2.05, 4.69) is 80.0 Å². The SMILES string of the molecule is C.C.C.C.CP(C)(C)=N[P+](N=P(C)(C)C)(N=P(C)(C)C)N=P(C)(C)C.[OH-]. The van der Waals surface area contributed by atoms with Gasteiger partial charge in [0.25, 0.3) is 0 Å². The Hall–Kier alpha value is 1.31. The van der Waals surface area contributed by atoms with E-state index >= 15 is 0 Å². The summed E-state index contributed by atoms with van der Waals surface area (Å²) in [5, 5.41) is 0.